The molecule has 106 valence electrons. The number of aryl methyl sites for hydroxylation is 1. The quantitative estimate of drug-likeness (QED) is 0.749. The van der Waals surface area contributed by atoms with E-state index in [-0.39, 0.29) is 0 Å². The van der Waals surface area contributed by atoms with Gasteiger partial charge in [0, 0.05) is 36.1 Å². The molecule has 1 heterocycles. The van der Waals surface area contributed by atoms with Gasteiger partial charge in [-0.25, -0.2) is 0 Å². The summed E-state index contributed by atoms with van der Waals surface area (Å²) in [6.45, 7) is 0. The Hall–Kier alpha value is -2.06. The van der Waals surface area contributed by atoms with Gasteiger partial charge in [-0.3, -0.25) is 0 Å². The molecule has 0 saturated carbocycles. The van der Waals surface area contributed by atoms with E-state index in [0.29, 0.717) is 12.0 Å². The molecule has 0 radical (unpaired) electrons. The average molecular weight is 276 g/mol. The molecule has 1 aliphatic carbocycles. The van der Waals surface area contributed by atoms with Crippen molar-refractivity contribution < 1.29 is 0 Å². The molecule has 2 heteroatoms. The maximum absolute atomic E-state index is 3.47. The fourth-order valence-electron chi connectivity index (χ4n) is 3.85. The van der Waals surface area contributed by atoms with E-state index in [1.54, 1.807) is 0 Å². The van der Waals surface area contributed by atoms with Crippen molar-refractivity contribution >= 4 is 10.9 Å². The lowest BCUT2D eigenvalue weighted by Gasteiger charge is -2.11. The molecular weight excluding hydrogens is 256 g/mol. The number of hydrogen-bond donors (Lipinski definition) is 1. The van der Waals surface area contributed by atoms with E-state index in [2.05, 4.69) is 78.7 Å². The normalized spacial score (nSPS) is 20.9. The maximum Gasteiger partial charge on any atom is 0.0480 e. The summed E-state index contributed by atoms with van der Waals surface area (Å²) in [6, 6.07) is 18.0. The highest BCUT2D eigenvalue weighted by Crippen LogP contribution is 2.45. The zero-order valence-corrected chi connectivity index (χ0v) is 12.5. The number of benzene rings is 2. The van der Waals surface area contributed by atoms with Crippen molar-refractivity contribution in [3.8, 4) is 0 Å². The van der Waals surface area contributed by atoms with Crippen LogP contribution in [0.2, 0.25) is 0 Å². The number of aromatic nitrogens is 1. The monoisotopic (exact) mass is 276 g/mol. The topological polar surface area (TPSA) is 17.0 Å². The Labute approximate surface area is 125 Å². The fourth-order valence-corrected chi connectivity index (χ4v) is 3.85. The zero-order chi connectivity index (χ0) is 14.4. The summed E-state index contributed by atoms with van der Waals surface area (Å²) >= 11 is 0. The van der Waals surface area contributed by atoms with Crippen LogP contribution in [0.5, 0.6) is 0 Å². The van der Waals surface area contributed by atoms with E-state index < -0.39 is 0 Å². The van der Waals surface area contributed by atoms with E-state index in [4.69, 9.17) is 0 Å². The molecular formula is C19H20N2. The molecule has 1 N–H and O–H groups in total. The van der Waals surface area contributed by atoms with Crippen molar-refractivity contribution in [3.63, 3.8) is 0 Å². The molecule has 0 bridgehead atoms. The van der Waals surface area contributed by atoms with Gasteiger partial charge in [0.15, 0.2) is 0 Å². The molecule has 3 aromatic rings. The minimum Gasteiger partial charge on any atom is -0.350 e. The summed E-state index contributed by atoms with van der Waals surface area (Å²) in [5, 5.41) is 4.85. The van der Waals surface area contributed by atoms with Crippen LogP contribution < -0.4 is 5.32 Å². The van der Waals surface area contributed by atoms with Crippen molar-refractivity contribution in [2.45, 2.75) is 18.4 Å². The summed E-state index contributed by atoms with van der Waals surface area (Å²) in [5.74, 6) is 0.491. The molecule has 2 atom stereocenters. The van der Waals surface area contributed by atoms with Gasteiger partial charge in [-0.1, -0.05) is 42.5 Å². The van der Waals surface area contributed by atoms with E-state index in [0.717, 1.165) is 6.42 Å². The Bertz CT molecular complexity index is 800. The lowest BCUT2D eigenvalue weighted by molar-refractivity contribution is 0.565. The predicted octanol–water partition coefficient (Wildman–Crippen LogP) is 3.97. The summed E-state index contributed by atoms with van der Waals surface area (Å²) < 4.78 is 2.25. The molecule has 2 aromatic carbocycles. The van der Waals surface area contributed by atoms with Gasteiger partial charge in [-0.15, -0.1) is 0 Å². The maximum atomic E-state index is 3.47. The first-order valence-corrected chi connectivity index (χ1v) is 7.59. The molecule has 0 amide bonds. The Morgan fingerprint density at radius 2 is 1.67 bits per heavy atom. The van der Waals surface area contributed by atoms with Crippen molar-refractivity contribution in [1.29, 1.82) is 0 Å². The van der Waals surface area contributed by atoms with Gasteiger partial charge in [0.1, 0.15) is 0 Å². The highest BCUT2D eigenvalue weighted by atomic mass is 14.9. The summed E-state index contributed by atoms with van der Waals surface area (Å²) in [6.07, 6.45) is 3.45. The molecule has 0 aliphatic heterocycles. The van der Waals surface area contributed by atoms with Crippen LogP contribution >= 0.6 is 0 Å². The highest BCUT2D eigenvalue weighted by molar-refractivity contribution is 5.85. The van der Waals surface area contributed by atoms with Crippen LogP contribution in [0.25, 0.3) is 10.9 Å². The molecule has 1 aromatic heterocycles. The zero-order valence-electron chi connectivity index (χ0n) is 12.5. The molecule has 0 fully saturated rings. The van der Waals surface area contributed by atoms with Gasteiger partial charge in [0.05, 0.1) is 0 Å². The van der Waals surface area contributed by atoms with E-state index in [1.807, 2.05) is 0 Å². The minimum atomic E-state index is 0.463. The molecule has 21 heavy (non-hydrogen) atoms. The van der Waals surface area contributed by atoms with E-state index >= 15 is 0 Å². The lowest BCUT2D eigenvalue weighted by Crippen LogP contribution is -2.13. The SMILES string of the molecule is CNC1CC(c2cn(C)c3ccccc23)c2ccccc21. The summed E-state index contributed by atoms with van der Waals surface area (Å²) in [4.78, 5) is 0. The third-order valence-corrected chi connectivity index (χ3v) is 4.87. The molecule has 0 spiro atoms. The van der Waals surface area contributed by atoms with E-state index in [1.165, 1.54) is 27.6 Å². The second-order valence-corrected chi connectivity index (χ2v) is 5.97. The Kier molecular flexibility index (Phi) is 2.86. The predicted molar refractivity (Wildman–Crippen MR) is 87.6 cm³/mol. The second kappa shape index (κ2) is 4.74. The first-order chi connectivity index (χ1) is 10.3. The largest absolute Gasteiger partial charge is 0.350 e. The van der Waals surface area contributed by atoms with E-state index in [9.17, 15) is 0 Å². The third kappa shape index (κ3) is 1.83. The van der Waals surface area contributed by atoms with Crippen LogP contribution in [0.1, 0.15) is 35.1 Å². The number of fused-ring (bicyclic) bond motifs is 2. The number of hydrogen-bond acceptors (Lipinski definition) is 1. The first kappa shape index (κ1) is 12.7. The second-order valence-electron chi connectivity index (χ2n) is 5.97. The fraction of sp³-hybridized carbons (Fsp3) is 0.263. The van der Waals surface area contributed by atoms with Crippen molar-refractivity contribution in [1.82, 2.24) is 9.88 Å². The van der Waals surface area contributed by atoms with Gasteiger partial charge >= 0.3 is 0 Å². The summed E-state index contributed by atoms with van der Waals surface area (Å²) in [5.41, 5.74) is 5.71. The van der Waals surface area contributed by atoms with Crippen LogP contribution in [0.3, 0.4) is 0 Å². The smallest absolute Gasteiger partial charge is 0.0480 e. The van der Waals surface area contributed by atoms with Crippen LogP contribution in [0.4, 0.5) is 0 Å². The van der Waals surface area contributed by atoms with Crippen LogP contribution in [0.15, 0.2) is 54.7 Å². The Morgan fingerprint density at radius 3 is 2.48 bits per heavy atom. The Morgan fingerprint density at radius 1 is 0.952 bits per heavy atom. The minimum absolute atomic E-state index is 0.463. The molecule has 0 saturated heterocycles. The molecule has 2 unspecified atom stereocenters. The molecule has 4 rings (SSSR count). The van der Waals surface area contributed by atoms with Crippen LogP contribution in [-0.2, 0) is 7.05 Å². The summed E-state index contributed by atoms with van der Waals surface area (Å²) in [7, 11) is 4.20. The van der Waals surface area contributed by atoms with Crippen molar-refractivity contribution in [2.75, 3.05) is 7.05 Å². The average Bonchev–Trinajstić information content (AvgIpc) is 3.06. The standard InChI is InChI=1S/C19H20N2/c1-20-18-11-16(13-7-3-4-8-14(13)18)17-12-21(2)19-10-6-5-9-15(17)19/h3-10,12,16,18,20H,11H2,1-2H3. The lowest BCUT2D eigenvalue weighted by atomic mass is 9.93. The van der Waals surface area contributed by atoms with Crippen LogP contribution in [0, 0.1) is 0 Å². The highest BCUT2D eigenvalue weighted by Gasteiger charge is 2.32. The van der Waals surface area contributed by atoms with Crippen LogP contribution in [-0.4, -0.2) is 11.6 Å². The number of rotatable bonds is 2. The van der Waals surface area contributed by atoms with Gasteiger partial charge in [0.25, 0.3) is 0 Å². The Balaban J connectivity index is 1.91. The first-order valence-electron chi connectivity index (χ1n) is 7.59. The van der Waals surface area contributed by atoms with Gasteiger partial charge < -0.3 is 9.88 Å². The molecule has 2 nitrogen and oxygen atoms in total. The number of nitrogens with zero attached hydrogens (tertiary/aromatic N) is 1. The van der Waals surface area contributed by atoms with Crippen molar-refractivity contribution in [3.05, 3.63) is 71.4 Å². The van der Waals surface area contributed by atoms with Gasteiger partial charge in [-0.2, -0.15) is 0 Å². The number of para-hydroxylation sites is 1. The number of nitrogens with one attached hydrogen (secondary N) is 1. The van der Waals surface area contributed by atoms with Crippen molar-refractivity contribution in [2.24, 2.45) is 7.05 Å². The third-order valence-electron chi connectivity index (χ3n) is 4.87. The van der Waals surface area contributed by atoms with Gasteiger partial charge in [-0.05, 0) is 36.2 Å². The molecule has 1 aliphatic rings. The van der Waals surface area contributed by atoms with Gasteiger partial charge in [0.2, 0.25) is 0 Å².